The van der Waals surface area contributed by atoms with Crippen LogP contribution >= 0.6 is 0 Å². The first-order chi connectivity index (χ1) is 6.94. The van der Waals surface area contributed by atoms with Crippen LogP contribution in [-0.2, 0) is 9.53 Å². The summed E-state index contributed by atoms with van der Waals surface area (Å²) in [7, 11) is 1.65. The summed E-state index contributed by atoms with van der Waals surface area (Å²) < 4.78 is 5.26. The predicted molar refractivity (Wildman–Crippen MR) is 59.7 cm³/mol. The minimum Gasteiger partial charge on any atom is -0.378 e. The molecule has 0 aromatic rings. The number of hydrogen-bond donors (Lipinski definition) is 1. The number of nitrogens with one attached hydrogen (secondary N) is 1. The normalized spacial score (nSPS) is 22.9. The first kappa shape index (κ1) is 12.5. The molecule has 15 heavy (non-hydrogen) atoms. The molecule has 0 unspecified atom stereocenters. The maximum Gasteiger partial charge on any atom is 0.225 e. The highest BCUT2D eigenvalue weighted by atomic mass is 16.5. The second-order valence-corrected chi connectivity index (χ2v) is 4.84. The number of nitrogens with zero attached hydrogens (tertiary/aromatic N) is 1. The minimum absolute atomic E-state index is 0.190. The molecule has 1 saturated heterocycles. The fraction of sp³-hybridized carbons (Fsp3) is 0.909. The van der Waals surface area contributed by atoms with Crippen LogP contribution in [0.2, 0.25) is 0 Å². The summed E-state index contributed by atoms with van der Waals surface area (Å²) in [6, 6.07) is 0.397. The largest absolute Gasteiger partial charge is 0.378 e. The van der Waals surface area contributed by atoms with E-state index in [0.29, 0.717) is 12.5 Å². The SMILES string of the molecule is COC(C)(C)CC(=O)N1CCN[C@@H](C)C1. The Bertz CT molecular complexity index is 229. The van der Waals surface area contributed by atoms with Gasteiger partial charge in [0, 0.05) is 32.8 Å². The van der Waals surface area contributed by atoms with Gasteiger partial charge in [-0.15, -0.1) is 0 Å². The number of carbonyl (C=O) groups is 1. The number of rotatable bonds is 3. The summed E-state index contributed by atoms with van der Waals surface area (Å²) in [6.07, 6.45) is 0.455. The van der Waals surface area contributed by atoms with E-state index in [0.717, 1.165) is 19.6 Å². The van der Waals surface area contributed by atoms with Gasteiger partial charge >= 0.3 is 0 Å². The van der Waals surface area contributed by atoms with Crippen molar-refractivity contribution in [3.63, 3.8) is 0 Å². The zero-order valence-electron chi connectivity index (χ0n) is 10.2. The summed E-state index contributed by atoms with van der Waals surface area (Å²) in [5.74, 6) is 0.190. The summed E-state index contributed by atoms with van der Waals surface area (Å²) in [4.78, 5) is 13.9. The number of piperazine rings is 1. The minimum atomic E-state index is -0.356. The molecule has 1 aliphatic rings. The standard InChI is InChI=1S/C11H22N2O2/c1-9-8-13(6-5-12-9)10(14)7-11(2,3)15-4/h9,12H,5-8H2,1-4H3/t9-/m0/s1. The number of hydrogen-bond acceptors (Lipinski definition) is 3. The van der Waals surface area contributed by atoms with Crippen molar-refractivity contribution in [3.8, 4) is 0 Å². The molecule has 1 atom stereocenters. The van der Waals surface area contributed by atoms with Crippen molar-refractivity contribution in [2.45, 2.75) is 38.8 Å². The molecule has 0 spiro atoms. The molecular formula is C11H22N2O2. The van der Waals surface area contributed by atoms with Crippen LogP contribution in [0, 0.1) is 0 Å². The molecule has 0 aromatic carbocycles. The highest BCUT2D eigenvalue weighted by Crippen LogP contribution is 2.15. The van der Waals surface area contributed by atoms with Crippen LogP contribution in [-0.4, -0.2) is 49.2 Å². The van der Waals surface area contributed by atoms with Crippen LogP contribution in [0.25, 0.3) is 0 Å². The van der Waals surface area contributed by atoms with Gasteiger partial charge in [0.05, 0.1) is 12.0 Å². The Morgan fingerprint density at radius 3 is 2.80 bits per heavy atom. The molecule has 4 nitrogen and oxygen atoms in total. The Hall–Kier alpha value is -0.610. The molecule has 1 fully saturated rings. The first-order valence-corrected chi connectivity index (χ1v) is 5.51. The topological polar surface area (TPSA) is 41.6 Å². The van der Waals surface area contributed by atoms with Crippen LogP contribution in [0.1, 0.15) is 27.2 Å². The first-order valence-electron chi connectivity index (χ1n) is 5.51. The van der Waals surface area contributed by atoms with E-state index in [2.05, 4.69) is 12.2 Å². The summed E-state index contributed by atoms with van der Waals surface area (Å²) in [5, 5.41) is 3.32. The molecular weight excluding hydrogens is 192 g/mol. The smallest absolute Gasteiger partial charge is 0.225 e. The van der Waals surface area contributed by atoms with Crippen LogP contribution in [0.4, 0.5) is 0 Å². The van der Waals surface area contributed by atoms with Gasteiger partial charge in [-0.3, -0.25) is 4.79 Å². The summed E-state index contributed by atoms with van der Waals surface area (Å²) in [5.41, 5.74) is -0.356. The average Bonchev–Trinajstić information content (AvgIpc) is 2.17. The van der Waals surface area contributed by atoms with Crippen molar-refractivity contribution in [2.24, 2.45) is 0 Å². The molecule has 0 saturated carbocycles. The number of ether oxygens (including phenoxy) is 1. The zero-order chi connectivity index (χ0) is 11.5. The van der Waals surface area contributed by atoms with Gasteiger partial charge < -0.3 is 15.0 Å². The van der Waals surface area contributed by atoms with Crippen molar-refractivity contribution >= 4 is 5.91 Å². The van der Waals surface area contributed by atoms with Gasteiger partial charge in [-0.25, -0.2) is 0 Å². The van der Waals surface area contributed by atoms with E-state index in [1.807, 2.05) is 18.7 Å². The molecule has 88 valence electrons. The maximum absolute atomic E-state index is 11.9. The van der Waals surface area contributed by atoms with Crippen molar-refractivity contribution in [2.75, 3.05) is 26.7 Å². The Morgan fingerprint density at radius 1 is 1.60 bits per heavy atom. The average molecular weight is 214 g/mol. The highest BCUT2D eigenvalue weighted by molar-refractivity contribution is 5.77. The van der Waals surface area contributed by atoms with E-state index in [1.54, 1.807) is 7.11 Å². The van der Waals surface area contributed by atoms with Gasteiger partial charge in [-0.1, -0.05) is 0 Å². The maximum atomic E-state index is 11.9. The number of methoxy groups -OCH3 is 1. The van der Waals surface area contributed by atoms with Crippen molar-refractivity contribution < 1.29 is 9.53 Å². The molecule has 1 heterocycles. The number of carbonyl (C=O) groups excluding carboxylic acids is 1. The lowest BCUT2D eigenvalue weighted by molar-refractivity contribution is -0.137. The van der Waals surface area contributed by atoms with E-state index in [4.69, 9.17) is 4.74 Å². The third-order valence-corrected chi connectivity index (χ3v) is 2.85. The molecule has 1 N–H and O–H groups in total. The van der Waals surface area contributed by atoms with Crippen LogP contribution in [0.5, 0.6) is 0 Å². The Balaban J connectivity index is 2.46. The van der Waals surface area contributed by atoms with Gasteiger partial charge in [0.15, 0.2) is 0 Å². The van der Waals surface area contributed by atoms with Crippen molar-refractivity contribution in [1.29, 1.82) is 0 Å². The molecule has 1 rings (SSSR count). The lowest BCUT2D eigenvalue weighted by Crippen LogP contribution is -2.52. The molecule has 0 aromatic heterocycles. The predicted octanol–water partition coefficient (Wildman–Crippen LogP) is 0.622. The second-order valence-electron chi connectivity index (χ2n) is 4.84. The summed E-state index contributed by atoms with van der Waals surface area (Å²) in [6.45, 7) is 8.48. The third kappa shape index (κ3) is 3.80. The van der Waals surface area contributed by atoms with Crippen LogP contribution in [0.3, 0.4) is 0 Å². The van der Waals surface area contributed by atoms with Gasteiger partial charge in [0.2, 0.25) is 5.91 Å². The Kier molecular flexibility index (Phi) is 4.11. The lowest BCUT2D eigenvalue weighted by Gasteiger charge is -2.34. The fourth-order valence-electron chi connectivity index (χ4n) is 1.71. The molecule has 1 amide bonds. The molecule has 0 aliphatic carbocycles. The van der Waals surface area contributed by atoms with E-state index in [1.165, 1.54) is 0 Å². The van der Waals surface area contributed by atoms with Gasteiger partial charge in [0.25, 0.3) is 0 Å². The molecule has 4 heteroatoms. The Labute approximate surface area is 92.0 Å². The van der Waals surface area contributed by atoms with E-state index in [9.17, 15) is 4.79 Å². The van der Waals surface area contributed by atoms with Crippen LogP contribution < -0.4 is 5.32 Å². The molecule has 0 bridgehead atoms. The van der Waals surface area contributed by atoms with Gasteiger partial charge in [-0.2, -0.15) is 0 Å². The monoisotopic (exact) mass is 214 g/mol. The van der Waals surface area contributed by atoms with E-state index >= 15 is 0 Å². The van der Waals surface area contributed by atoms with Crippen molar-refractivity contribution in [1.82, 2.24) is 10.2 Å². The molecule has 1 aliphatic heterocycles. The van der Waals surface area contributed by atoms with Gasteiger partial charge in [0.1, 0.15) is 0 Å². The van der Waals surface area contributed by atoms with E-state index in [-0.39, 0.29) is 11.5 Å². The van der Waals surface area contributed by atoms with Gasteiger partial charge in [-0.05, 0) is 20.8 Å². The Morgan fingerprint density at radius 2 is 2.27 bits per heavy atom. The lowest BCUT2D eigenvalue weighted by atomic mass is 10.0. The van der Waals surface area contributed by atoms with Crippen molar-refractivity contribution in [3.05, 3.63) is 0 Å². The third-order valence-electron chi connectivity index (χ3n) is 2.85. The zero-order valence-corrected chi connectivity index (χ0v) is 10.2. The van der Waals surface area contributed by atoms with Crippen LogP contribution in [0.15, 0.2) is 0 Å². The number of amides is 1. The summed E-state index contributed by atoms with van der Waals surface area (Å²) >= 11 is 0. The quantitative estimate of drug-likeness (QED) is 0.749. The highest BCUT2D eigenvalue weighted by Gasteiger charge is 2.26. The molecule has 0 radical (unpaired) electrons. The second kappa shape index (κ2) is 4.94. The fourth-order valence-corrected chi connectivity index (χ4v) is 1.71. The van der Waals surface area contributed by atoms with E-state index < -0.39 is 0 Å².